The van der Waals surface area contributed by atoms with Gasteiger partial charge in [-0.1, -0.05) is 32.6 Å². The number of carbonyl (C=O) groups is 3. The summed E-state index contributed by atoms with van der Waals surface area (Å²) >= 11 is 0. The van der Waals surface area contributed by atoms with Gasteiger partial charge < -0.3 is 13.8 Å². The molecule has 2 fully saturated rings. The topological polar surface area (TPSA) is 75.3 Å². The van der Waals surface area contributed by atoms with E-state index in [0.29, 0.717) is 12.8 Å². The van der Waals surface area contributed by atoms with Crippen molar-refractivity contribution in [1.29, 1.82) is 0 Å². The van der Waals surface area contributed by atoms with Crippen molar-refractivity contribution < 1.29 is 99.3 Å². The standard InChI is InChI=1S/C10H13.C8H9N2O3.CH3.U.W.Y/c1-2-3-7-10-8-5-4-6-9-10;11-5-8(3-1-2-4-8)6(12)10-7(13)9-5;;;;/h5-6,8-9H,2-3,7H2,1H3;1H,2-4H2,(H2,9,10,11,12,13);1H3;;;/q3*-1;;;. The number of unbranched alkanes of at least 4 members (excludes halogenated alkanes) is 1. The SMILES string of the molecule is CCCCc1cc[c-]cc1.O=C1NC(=O)C2(C[CH-]CC2)C(=O)N1.[CH3-].[U].[W].[Y]. The summed E-state index contributed by atoms with van der Waals surface area (Å²) in [6, 6.07) is 10.5. The van der Waals surface area contributed by atoms with Crippen molar-refractivity contribution in [2.75, 3.05) is 0 Å². The molecule has 27 heavy (non-hydrogen) atoms. The molecule has 1 aliphatic heterocycles. The number of carbonyl (C=O) groups excluding carboxylic acids is 3. The van der Waals surface area contributed by atoms with Gasteiger partial charge in [-0.3, -0.25) is 20.2 Å². The van der Waals surface area contributed by atoms with Gasteiger partial charge in [-0.15, -0.1) is 0 Å². The van der Waals surface area contributed by atoms with Gasteiger partial charge in [-0.2, -0.15) is 48.7 Å². The van der Waals surface area contributed by atoms with Crippen molar-refractivity contribution >= 4 is 17.8 Å². The van der Waals surface area contributed by atoms with E-state index >= 15 is 0 Å². The van der Waals surface area contributed by atoms with Crippen LogP contribution in [-0.4, -0.2) is 17.8 Å². The molecule has 0 atom stereocenters. The number of nitrogens with one attached hydrogen (secondary N) is 2. The Morgan fingerprint density at radius 2 is 1.70 bits per heavy atom. The number of amides is 4. The zero-order valence-electron chi connectivity index (χ0n) is 15.8. The summed E-state index contributed by atoms with van der Waals surface area (Å²) in [4.78, 5) is 33.6. The second-order valence-electron chi connectivity index (χ2n) is 5.86. The monoisotopic (exact) mass is 840 g/mol. The molecule has 8 heteroatoms. The fraction of sp³-hybridized carbons (Fsp3) is 0.421. The minimum Gasteiger partial charge on any atom is -0.358 e. The van der Waals surface area contributed by atoms with E-state index in [4.69, 9.17) is 0 Å². The van der Waals surface area contributed by atoms with Crippen molar-refractivity contribution in [3.63, 3.8) is 0 Å². The molecule has 145 valence electrons. The number of rotatable bonds is 3. The van der Waals surface area contributed by atoms with Crippen LogP contribution >= 0.6 is 0 Å². The van der Waals surface area contributed by atoms with Crippen LogP contribution in [-0.2, 0) is 69.8 Å². The van der Waals surface area contributed by atoms with Gasteiger partial charge in [0, 0.05) is 84.9 Å². The number of hydrogen-bond donors (Lipinski definition) is 2. The van der Waals surface area contributed by atoms with Crippen LogP contribution in [0.15, 0.2) is 24.3 Å². The van der Waals surface area contributed by atoms with Gasteiger partial charge >= 0.3 is 6.03 Å². The van der Waals surface area contributed by atoms with E-state index in [0.717, 1.165) is 6.42 Å². The molecule has 1 aromatic carbocycles. The first kappa shape index (κ1) is 32.3. The van der Waals surface area contributed by atoms with Crippen LogP contribution in [0.5, 0.6) is 0 Å². The minimum atomic E-state index is -1.01. The number of urea groups is 1. The molecule has 0 aromatic heterocycles. The Morgan fingerprint density at radius 3 is 2.15 bits per heavy atom. The first-order chi connectivity index (χ1) is 11.1. The molecule has 2 N–H and O–H groups in total. The summed E-state index contributed by atoms with van der Waals surface area (Å²) < 4.78 is 0. The molecule has 2 aliphatic rings. The molecule has 1 radical (unpaired) electrons. The minimum absolute atomic E-state index is 0. The van der Waals surface area contributed by atoms with Crippen LogP contribution < -0.4 is 10.6 Å². The van der Waals surface area contributed by atoms with Crippen LogP contribution in [0, 0.1) is 56.4 Å². The van der Waals surface area contributed by atoms with Crippen molar-refractivity contribution in [3.05, 3.63) is 49.7 Å². The molecule has 1 aromatic rings. The number of aryl methyl sites for hydroxylation is 1. The van der Waals surface area contributed by atoms with E-state index in [-0.39, 0.29) is 92.3 Å². The average Bonchev–Trinajstić information content (AvgIpc) is 3.04. The summed E-state index contributed by atoms with van der Waals surface area (Å²) in [6.45, 7) is 2.22. The molecule has 1 spiro atoms. The molecule has 3 rings (SSSR count). The summed E-state index contributed by atoms with van der Waals surface area (Å²) in [5.41, 5.74) is 0.425. The average molecular weight is 840 g/mol. The third-order valence-electron chi connectivity index (χ3n) is 4.20. The van der Waals surface area contributed by atoms with Crippen molar-refractivity contribution in [3.8, 4) is 0 Å². The molecule has 1 heterocycles. The summed E-state index contributed by atoms with van der Waals surface area (Å²) in [5.74, 6) is -0.926. The Labute approximate surface area is 225 Å². The maximum Gasteiger partial charge on any atom is 0.328 e. The maximum absolute atomic E-state index is 11.4. The fourth-order valence-electron chi connectivity index (χ4n) is 2.76. The molecule has 1 saturated heterocycles. The normalized spacial score (nSPS) is 16.1. The molecule has 1 aliphatic carbocycles. The van der Waals surface area contributed by atoms with Gasteiger partial charge in [0.2, 0.25) is 11.8 Å². The number of barbiturate groups is 1. The Kier molecular flexibility index (Phi) is 19.7. The van der Waals surface area contributed by atoms with E-state index in [1.165, 1.54) is 24.8 Å². The largest absolute Gasteiger partial charge is 0.358 e. The zero-order chi connectivity index (χ0) is 16.7. The van der Waals surface area contributed by atoms with E-state index in [1.54, 1.807) is 0 Å². The molecule has 5 nitrogen and oxygen atoms in total. The summed E-state index contributed by atoms with van der Waals surface area (Å²) in [7, 11) is 0. The summed E-state index contributed by atoms with van der Waals surface area (Å²) in [6.07, 6.45) is 7.35. The van der Waals surface area contributed by atoms with E-state index < -0.39 is 23.3 Å². The van der Waals surface area contributed by atoms with E-state index in [2.05, 4.69) is 35.8 Å². The number of hydrogen-bond acceptors (Lipinski definition) is 3. The molecule has 1 saturated carbocycles. The second kappa shape index (κ2) is 16.5. The quantitative estimate of drug-likeness (QED) is 0.364. The number of imide groups is 2. The predicted molar refractivity (Wildman–Crippen MR) is 92.6 cm³/mol. The molecule has 4 amide bonds. The smallest absolute Gasteiger partial charge is 0.328 e. The van der Waals surface area contributed by atoms with Crippen molar-refractivity contribution in [2.24, 2.45) is 5.41 Å². The van der Waals surface area contributed by atoms with Crippen LogP contribution in [0.2, 0.25) is 0 Å². The fourth-order valence-corrected chi connectivity index (χ4v) is 2.76. The van der Waals surface area contributed by atoms with Crippen LogP contribution in [0.3, 0.4) is 0 Å². The Hall–Kier alpha value is 0.674. The van der Waals surface area contributed by atoms with Gasteiger partial charge in [0.05, 0.1) is 5.41 Å². The second-order valence-corrected chi connectivity index (χ2v) is 5.86. The first-order valence-electron chi connectivity index (χ1n) is 8.02. The first-order valence-corrected chi connectivity index (χ1v) is 8.02. The van der Waals surface area contributed by atoms with E-state index in [9.17, 15) is 14.4 Å². The van der Waals surface area contributed by atoms with Gasteiger partial charge in [0.25, 0.3) is 0 Å². The van der Waals surface area contributed by atoms with Crippen molar-refractivity contribution in [2.45, 2.75) is 45.4 Å². The van der Waals surface area contributed by atoms with Gasteiger partial charge in [0.1, 0.15) is 0 Å². The van der Waals surface area contributed by atoms with Gasteiger partial charge in [-0.05, 0) is 0 Å². The molecule has 0 unspecified atom stereocenters. The third kappa shape index (κ3) is 9.35. The summed E-state index contributed by atoms with van der Waals surface area (Å²) in [5, 5.41) is 4.23. The van der Waals surface area contributed by atoms with E-state index in [1.807, 2.05) is 18.6 Å². The van der Waals surface area contributed by atoms with Crippen molar-refractivity contribution in [1.82, 2.24) is 10.6 Å². The molecular formula is C19H25N2O3UWY-3. The van der Waals surface area contributed by atoms with Crippen LogP contribution in [0.1, 0.15) is 44.6 Å². The Morgan fingerprint density at radius 1 is 1.15 bits per heavy atom. The van der Waals surface area contributed by atoms with Crippen LogP contribution in [0.4, 0.5) is 4.79 Å². The van der Waals surface area contributed by atoms with Gasteiger partial charge in [-0.25, -0.2) is 4.79 Å². The Bertz CT molecular complexity index is 560. The van der Waals surface area contributed by atoms with Crippen LogP contribution in [0.25, 0.3) is 0 Å². The van der Waals surface area contributed by atoms with Gasteiger partial charge in [0.15, 0.2) is 0 Å². The molecule has 0 bridgehead atoms. The predicted octanol–water partition coefficient (Wildman–Crippen LogP) is 3.00. The Balaban J connectivity index is -0.000000381. The molecular weight excluding hydrogens is 815 g/mol. The number of benzene rings is 1. The third-order valence-corrected chi connectivity index (χ3v) is 4.20. The zero-order valence-corrected chi connectivity index (χ0v) is 25.8. The maximum atomic E-state index is 11.4.